The molecule has 0 aliphatic rings. The molecule has 0 radical (unpaired) electrons. The third-order valence-corrected chi connectivity index (χ3v) is 5.95. The molecule has 41 heavy (non-hydrogen) atoms. The Hall–Kier alpha value is -4.58. The zero-order valence-electron chi connectivity index (χ0n) is 21.4. The van der Waals surface area contributed by atoms with Gasteiger partial charge in [-0.3, -0.25) is 0 Å². The van der Waals surface area contributed by atoms with E-state index in [1.807, 2.05) is 25.1 Å². The van der Waals surface area contributed by atoms with Crippen LogP contribution in [0.1, 0.15) is 35.6 Å². The fraction of sp³-hybridized carbons (Fsp3) is 0.125. The molecule has 0 aromatic heterocycles. The van der Waals surface area contributed by atoms with Crippen molar-refractivity contribution in [1.29, 1.82) is 0 Å². The lowest BCUT2D eigenvalue weighted by atomic mass is 10.00. The van der Waals surface area contributed by atoms with E-state index in [0.717, 1.165) is 12.0 Å². The van der Waals surface area contributed by atoms with Crippen molar-refractivity contribution in [1.82, 2.24) is 0 Å². The lowest BCUT2D eigenvalue weighted by Gasteiger charge is -2.19. The molecular weight excluding hydrogens is 552 g/mol. The van der Waals surface area contributed by atoms with Crippen LogP contribution in [0.25, 0.3) is 11.1 Å². The van der Waals surface area contributed by atoms with Gasteiger partial charge >= 0.3 is 6.11 Å². The summed E-state index contributed by atoms with van der Waals surface area (Å²) >= 11 is 0. The van der Waals surface area contributed by atoms with E-state index in [1.165, 1.54) is 6.07 Å². The Kier molecular flexibility index (Phi) is 8.82. The highest BCUT2D eigenvalue weighted by Gasteiger charge is 2.41. The van der Waals surface area contributed by atoms with Gasteiger partial charge in [0, 0.05) is 28.8 Å². The Balaban J connectivity index is 1.51. The van der Waals surface area contributed by atoms with Gasteiger partial charge in [0.2, 0.25) is 0 Å². The van der Waals surface area contributed by atoms with Crippen molar-refractivity contribution in [3.8, 4) is 28.7 Å². The van der Waals surface area contributed by atoms with E-state index < -0.39 is 46.5 Å². The predicted molar refractivity (Wildman–Crippen MR) is 138 cm³/mol. The average molecular weight is 572 g/mol. The van der Waals surface area contributed by atoms with E-state index in [9.17, 15) is 35.1 Å². The first-order valence-corrected chi connectivity index (χ1v) is 12.2. The topological polar surface area (TPSA) is 9.23 Å². The van der Waals surface area contributed by atoms with Crippen LogP contribution in [0.15, 0.2) is 78.9 Å². The van der Waals surface area contributed by atoms with Crippen LogP contribution in [-0.2, 0) is 12.5 Å². The Morgan fingerprint density at radius 2 is 1.32 bits per heavy atom. The number of ether oxygens (including phenoxy) is 1. The van der Waals surface area contributed by atoms with Gasteiger partial charge in [-0.15, -0.1) is 0 Å². The zero-order valence-corrected chi connectivity index (χ0v) is 21.4. The summed E-state index contributed by atoms with van der Waals surface area (Å²) in [6.45, 7) is 1.91. The number of alkyl halides is 2. The van der Waals surface area contributed by atoms with Crippen molar-refractivity contribution in [2.45, 2.75) is 25.9 Å². The summed E-state index contributed by atoms with van der Waals surface area (Å²) in [5.41, 5.74) is 0.108. The molecule has 0 fully saturated rings. The second-order valence-electron chi connectivity index (χ2n) is 8.88. The summed E-state index contributed by atoms with van der Waals surface area (Å²) in [6.07, 6.45) is 0.726. The fourth-order valence-electron chi connectivity index (χ4n) is 3.96. The van der Waals surface area contributed by atoms with Crippen LogP contribution in [0.5, 0.6) is 5.75 Å². The van der Waals surface area contributed by atoms with Crippen molar-refractivity contribution in [3.05, 3.63) is 136 Å². The molecule has 0 spiro atoms. The maximum absolute atomic E-state index is 14.7. The SMILES string of the molecule is C/C=C/CCc1ccc(-c2ccc(C#Cc3cc(F)c(C(F)(F)Oc4cc(F)c(F)c(F)c4)c(F)c3)cc2)c(F)c1. The molecule has 4 rings (SSSR count). The molecule has 9 heteroatoms. The molecule has 0 amide bonds. The third-order valence-electron chi connectivity index (χ3n) is 5.95. The van der Waals surface area contributed by atoms with Gasteiger partial charge < -0.3 is 4.74 Å². The Labute approximate surface area is 230 Å². The second-order valence-corrected chi connectivity index (χ2v) is 8.88. The Bertz CT molecular complexity index is 1620. The molecule has 0 atom stereocenters. The van der Waals surface area contributed by atoms with Crippen LogP contribution in [0.4, 0.5) is 35.1 Å². The quantitative estimate of drug-likeness (QED) is 0.0929. The number of rotatable bonds is 7. The summed E-state index contributed by atoms with van der Waals surface area (Å²) in [7, 11) is 0. The number of allylic oxidation sites excluding steroid dienone is 2. The number of hydrogen-bond donors (Lipinski definition) is 0. The van der Waals surface area contributed by atoms with Crippen LogP contribution < -0.4 is 4.74 Å². The molecule has 0 saturated heterocycles. The summed E-state index contributed by atoms with van der Waals surface area (Å²) in [5, 5.41) is 0. The average Bonchev–Trinajstić information content (AvgIpc) is 2.90. The normalized spacial score (nSPS) is 11.4. The monoisotopic (exact) mass is 572 g/mol. The summed E-state index contributed by atoms with van der Waals surface area (Å²) in [5.74, 6) is -5.51. The lowest BCUT2D eigenvalue weighted by molar-refractivity contribution is -0.189. The molecule has 4 aromatic rings. The smallest absolute Gasteiger partial charge is 0.429 e. The summed E-state index contributed by atoms with van der Waals surface area (Å²) in [6, 6.07) is 12.7. The second kappa shape index (κ2) is 12.3. The molecular formula is C32H20F8O. The van der Waals surface area contributed by atoms with Crippen molar-refractivity contribution in [2.75, 3.05) is 0 Å². The van der Waals surface area contributed by atoms with Crippen LogP contribution in [0, 0.1) is 46.7 Å². The van der Waals surface area contributed by atoms with Gasteiger partial charge in [0.15, 0.2) is 17.5 Å². The van der Waals surface area contributed by atoms with Gasteiger partial charge in [-0.25, -0.2) is 26.3 Å². The molecule has 0 aliphatic heterocycles. The van der Waals surface area contributed by atoms with Crippen LogP contribution in [0.3, 0.4) is 0 Å². The zero-order chi connectivity index (χ0) is 29.7. The van der Waals surface area contributed by atoms with E-state index in [1.54, 1.807) is 30.3 Å². The molecule has 0 N–H and O–H groups in total. The first-order chi connectivity index (χ1) is 19.5. The highest BCUT2D eigenvalue weighted by Crippen LogP contribution is 2.36. The van der Waals surface area contributed by atoms with E-state index >= 15 is 0 Å². The molecule has 1 nitrogen and oxygen atoms in total. The highest BCUT2D eigenvalue weighted by molar-refractivity contribution is 5.65. The van der Waals surface area contributed by atoms with E-state index in [-0.39, 0.29) is 23.5 Å². The maximum Gasteiger partial charge on any atom is 0.432 e. The van der Waals surface area contributed by atoms with Gasteiger partial charge in [-0.05, 0) is 61.2 Å². The summed E-state index contributed by atoms with van der Waals surface area (Å²) < 4.78 is 117. The van der Waals surface area contributed by atoms with Crippen LogP contribution in [-0.4, -0.2) is 0 Å². The standard InChI is InChI=1S/C32H20F8O/c1-2-3-4-5-20-10-13-24(25(33)14-20)22-11-8-19(9-12-22)6-7-21-15-26(34)30(27(35)16-21)32(39,40)41-23-17-28(36)31(38)29(37)18-23/h2-3,8-18H,4-5H2,1H3/b3-2+. The van der Waals surface area contributed by atoms with E-state index in [0.29, 0.717) is 35.2 Å². The van der Waals surface area contributed by atoms with Gasteiger partial charge in [0.25, 0.3) is 0 Å². The number of halogens is 8. The number of hydrogen-bond acceptors (Lipinski definition) is 1. The highest BCUT2D eigenvalue weighted by atomic mass is 19.3. The molecule has 0 aliphatic carbocycles. The molecule has 0 unspecified atom stereocenters. The molecule has 0 heterocycles. The van der Waals surface area contributed by atoms with Gasteiger partial charge in [-0.1, -0.05) is 48.3 Å². The van der Waals surface area contributed by atoms with Crippen molar-refractivity contribution < 1.29 is 39.9 Å². The summed E-state index contributed by atoms with van der Waals surface area (Å²) in [4.78, 5) is 0. The molecule has 4 aromatic carbocycles. The van der Waals surface area contributed by atoms with Crippen LogP contribution >= 0.6 is 0 Å². The lowest BCUT2D eigenvalue weighted by Crippen LogP contribution is -2.25. The van der Waals surface area contributed by atoms with Gasteiger partial charge in [-0.2, -0.15) is 8.78 Å². The number of aryl methyl sites for hydroxylation is 1. The minimum atomic E-state index is -4.70. The first-order valence-electron chi connectivity index (χ1n) is 12.2. The van der Waals surface area contributed by atoms with Crippen molar-refractivity contribution >= 4 is 0 Å². The Morgan fingerprint density at radius 3 is 1.90 bits per heavy atom. The Morgan fingerprint density at radius 1 is 0.707 bits per heavy atom. The van der Waals surface area contributed by atoms with Gasteiger partial charge in [0.1, 0.15) is 28.8 Å². The van der Waals surface area contributed by atoms with Crippen LogP contribution in [0.2, 0.25) is 0 Å². The molecule has 0 bridgehead atoms. The van der Waals surface area contributed by atoms with Crippen molar-refractivity contribution in [3.63, 3.8) is 0 Å². The maximum atomic E-state index is 14.7. The van der Waals surface area contributed by atoms with Gasteiger partial charge in [0.05, 0.1) is 0 Å². The molecule has 0 saturated carbocycles. The first kappa shape index (κ1) is 29.4. The predicted octanol–water partition coefficient (Wildman–Crippen LogP) is 9.22. The fourth-order valence-corrected chi connectivity index (χ4v) is 3.96. The molecule has 210 valence electrons. The van der Waals surface area contributed by atoms with E-state index in [2.05, 4.69) is 16.6 Å². The largest absolute Gasteiger partial charge is 0.432 e. The third kappa shape index (κ3) is 6.95. The van der Waals surface area contributed by atoms with Crippen molar-refractivity contribution in [2.24, 2.45) is 0 Å². The number of benzene rings is 4. The van der Waals surface area contributed by atoms with E-state index in [4.69, 9.17) is 0 Å². The minimum absolute atomic E-state index is 0.114. The minimum Gasteiger partial charge on any atom is -0.429 e.